The Bertz CT molecular complexity index is 895. The van der Waals surface area contributed by atoms with Crippen molar-refractivity contribution in [3.63, 3.8) is 0 Å². The first-order valence-electron chi connectivity index (χ1n) is 8.46. The molecule has 0 amide bonds. The Morgan fingerprint density at radius 1 is 1.08 bits per heavy atom. The maximum absolute atomic E-state index is 12.9. The number of rotatable bonds is 4. The number of benzene rings is 1. The molecule has 8 heteroatoms. The fraction of sp³-hybridized carbons (Fsp3) is 0.444. The molecule has 0 aliphatic carbocycles. The largest absolute Gasteiger partial charge is 0.497 e. The number of ether oxygens (including phenoxy) is 2. The average molecular weight is 360 g/mol. The lowest BCUT2D eigenvalue weighted by atomic mass is 9.97. The predicted octanol–water partition coefficient (Wildman–Crippen LogP) is 0.0964. The van der Waals surface area contributed by atoms with Gasteiger partial charge in [-0.2, -0.15) is 0 Å². The number of anilines is 1. The zero-order chi connectivity index (χ0) is 18.8. The van der Waals surface area contributed by atoms with Gasteiger partial charge in [0.1, 0.15) is 11.6 Å². The van der Waals surface area contributed by atoms with Gasteiger partial charge >= 0.3 is 5.69 Å². The van der Waals surface area contributed by atoms with Gasteiger partial charge in [-0.15, -0.1) is 0 Å². The van der Waals surface area contributed by atoms with Crippen molar-refractivity contribution >= 4 is 5.82 Å². The van der Waals surface area contributed by atoms with E-state index in [9.17, 15) is 9.59 Å². The Kier molecular flexibility index (Phi) is 5.15. The Labute approximate surface area is 151 Å². The second-order valence-electron chi connectivity index (χ2n) is 6.33. The molecule has 0 bridgehead atoms. The van der Waals surface area contributed by atoms with E-state index < -0.39 is 5.69 Å². The van der Waals surface area contributed by atoms with Gasteiger partial charge < -0.3 is 15.2 Å². The molecule has 8 nitrogen and oxygen atoms in total. The van der Waals surface area contributed by atoms with Crippen LogP contribution in [0.5, 0.6) is 5.75 Å². The van der Waals surface area contributed by atoms with E-state index in [4.69, 9.17) is 15.2 Å². The molecule has 1 aromatic carbocycles. The van der Waals surface area contributed by atoms with E-state index >= 15 is 0 Å². The van der Waals surface area contributed by atoms with Crippen LogP contribution in [0.4, 0.5) is 5.82 Å². The summed E-state index contributed by atoms with van der Waals surface area (Å²) < 4.78 is 13.1. The smallest absolute Gasteiger partial charge is 0.332 e. The Morgan fingerprint density at radius 3 is 2.27 bits per heavy atom. The SMILES string of the molecule is COc1ccc([C@H](c2c(N)n(C)c(=O)n(C)c2=O)N2CCOCC2)cc1. The fourth-order valence-electron chi connectivity index (χ4n) is 3.32. The molecule has 2 aromatic rings. The highest BCUT2D eigenvalue weighted by atomic mass is 16.5. The standard InChI is InChI=1S/C18H24N4O4/c1-20-16(19)14(17(23)21(2)18(20)24)15(22-8-10-26-11-9-22)12-4-6-13(25-3)7-5-12/h4-7,15H,8-11,19H2,1-3H3/t15-/m1/s1. The van der Waals surface area contributed by atoms with Gasteiger partial charge in [-0.3, -0.25) is 18.8 Å². The monoisotopic (exact) mass is 360 g/mol. The van der Waals surface area contributed by atoms with Crippen LogP contribution in [0, 0.1) is 0 Å². The highest BCUT2D eigenvalue weighted by molar-refractivity contribution is 5.46. The van der Waals surface area contributed by atoms with Crippen molar-refractivity contribution in [3.05, 3.63) is 56.2 Å². The number of nitrogen functional groups attached to an aromatic ring is 1. The topological polar surface area (TPSA) is 91.7 Å². The molecule has 1 aromatic heterocycles. The summed E-state index contributed by atoms with van der Waals surface area (Å²) in [6.45, 7) is 2.50. The maximum atomic E-state index is 12.9. The Balaban J connectivity index is 2.21. The Hall–Kier alpha value is -2.58. The minimum absolute atomic E-state index is 0.186. The lowest BCUT2D eigenvalue weighted by molar-refractivity contribution is 0.0236. The van der Waals surface area contributed by atoms with Crippen LogP contribution in [-0.4, -0.2) is 47.4 Å². The molecular formula is C18H24N4O4. The third-order valence-electron chi connectivity index (χ3n) is 4.86. The molecule has 26 heavy (non-hydrogen) atoms. The maximum Gasteiger partial charge on any atom is 0.332 e. The molecule has 140 valence electrons. The summed E-state index contributed by atoms with van der Waals surface area (Å²) in [5.74, 6) is 0.918. The summed E-state index contributed by atoms with van der Waals surface area (Å²) in [5, 5.41) is 0. The van der Waals surface area contributed by atoms with Gasteiger partial charge in [0.2, 0.25) is 0 Å². The third kappa shape index (κ3) is 3.13. The zero-order valence-corrected chi connectivity index (χ0v) is 15.3. The van der Waals surface area contributed by atoms with Gasteiger partial charge in [-0.25, -0.2) is 4.79 Å². The molecule has 0 saturated carbocycles. The van der Waals surface area contributed by atoms with Crippen LogP contribution in [0.15, 0.2) is 33.9 Å². The van der Waals surface area contributed by atoms with Crippen LogP contribution in [-0.2, 0) is 18.8 Å². The molecule has 1 atom stereocenters. The molecule has 0 spiro atoms. The molecular weight excluding hydrogens is 336 g/mol. The van der Waals surface area contributed by atoms with Gasteiger partial charge in [0.05, 0.1) is 31.9 Å². The summed E-state index contributed by atoms with van der Waals surface area (Å²) in [6, 6.07) is 7.18. The van der Waals surface area contributed by atoms with Crippen molar-refractivity contribution in [1.82, 2.24) is 14.0 Å². The molecule has 2 N–H and O–H groups in total. The predicted molar refractivity (Wildman–Crippen MR) is 98.6 cm³/mol. The van der Waals surface area contributed by atoms with Crippen LogP contribution in [0.25, 0.3) is 0 Å². The van der Waals surface area contributed by atoms with Crippen molar-refractivity contribution in [2.24, 2.45) is 14.1 Å². The number of aromatic nitrogens is 2. The van der Waals surface area contributed by atoms with Gasteiger partial charge in [-0.05, 0) is 17.7 Å². The van der Waals surface area contributed by atoms with E-state index in [0.717, 1.165) is 15.9 Å². The first-order chi connectivity index (χ1) is 12.5. The summed E-state index contributed by atoms with van der Waals surface area (Å²) in [4.78, 5) is 27.3. The van der Waals surface area contributed by atoms with E-state index in [0.29, 0.717) is 31.9 Å². The van der Waals surface area contributed by atoms with E-state index in [1.807, 2.05) is 24.3 Å². The van der Waals surface area contributed by atoms with E-state index in [-0.39, 0.29) is 17.4 Å². The number of hydrogen-bond donors (Lipinski definition) is 1. The highest BCUT2D eigenvalue weighted by Gasteiger charge is 2.30. The second-order valence-corrected chi connectivity index (χ2v) is 6.33. The minimum atomic E-state index is -0.438. The quantitative estimate of drug-likeness (QED) is 0.831. The molecule has 1 aliphatic rings. The van der Waals surface area contributed by atoms with Crippen molar-refractivity contribution < 1.29 is 9.47 Å². The first kappa shape index (κ1) is 18.2. The summed E-state index contributed by atoms with van der Waals surface area (Å²) >= 11 is 0. The van der Waals surface area contributed by atoms with Crippen molar-refractivity contribution in [1.29, 1.82) is 0 Å². The van der Waals surface area contributed by atoms with Crippen molar-refractivity contribution in [3.8, 4) is 5.75 Å². The summed E-state index contributed by atoms with van der Waals surface area (Å²) in [6.07, 6.45) is 0. The number of morpholine rings is 1. The molecule has 1 aliphatic heterocycles. The van der Waals surface area contributed by atoms with Gasteiger partial charge in [0.15, 0.2) is 0 Å². The average Bonchev–Trinajstić information content (AvgIpc) is 2.69. The molecule has 1 fully saturated rings. The van der Waals surface area contributed by atoms with Gasteiger partial charge in [-0.1, -0.05) is 12.1 Å². The van der Waals surface area contributed by atoms with Crippen molar-refractivity contribution in [2.75, 3.05) is 39.1 Å². The van der Waals surface area contributed by atoms with Crippen molar-refractivity contribution in [2.45, 2.75) is 6.04 Å². The van der Waals surface area contributed by atoms with Crippen LogP contribution in [0.1, 0.15) is 17.2 Å². The Morgan fingerprint density at radius 2 is 1.69 bits per heavy atom. The van der Waals surface area contributed by atoms with Crippen LogP contribution >= 0.6 is 0 Å². The van der Waals surface area contributed by atoms with E-state index in [1.54, 1.807) is 14.2 Å². The number of nitrogens with zero attached hydrogens (tertiary/aromatic N) is 3. The number of methoxy groups -OCH3 is 1. The zero-order valence-electron chi connectivity index (χ0n) is 15.3. The minimum Gasteiger partial charge on any atom is -0.497 e. The first-order valence-corrected chi connectivity index (χ1v) is 8.46. The fourth-order valence-corrected chi connectivity index (χ4v) is 3.32. The lowest BCUT2D eigenvalue weighted by Crippen LogP contribution is -2.46. The molecule has 1 saturated heterocycles. The molecule has 2 heterocycles. The van der Waals surface area contributed by atoms with E-state index in [2.05, 4.69) is 4.90 Å². The highest BCUT2D eigenvalue weighted by Crippen LogP contribution is 2.31. The number of hydrogen-bond acceptors (Lipinski definition) is 6. The molecule has 0 unspecified atom stereocenters. The lowest BCUT2D eigenvalue weighted by Gasteiger charge is -2.35. The van der Waals surface area contributed by atoms with Gasteiger partial charge in [0, 0.05) is 27.2 Å². The van der Waals surface area contributed by atoms with Crippen LogP contribution in [0.2, 0.25) is 0 Å². The molecule has 0 radical (unpaired) electrons. The molecule has 3 rings (SSSR count). The summed E-state index contributed by atoms with van der Waals surface area (Å²) in [7, 11) is 4.65. The normalized spacial score (nSPS) is 16.4. The van der Waals surface area contributed by atoms with Crippen LogP contribution < -0.4 is 21.7 Å². The number of nitrogens with two attached hydrogens (primary N) is 1. The van der Waals surface area contributed by atoms with Gasteiger partial charge in [0.25, 0.3) is 5.56 Å². The second kappa shape index (κ2) is 7.35. The summed E-state index contributed by atoms with van der Waals surface area (Å²) in [5.41, 5.74) is 6.72. The third-order valence-corrected chi connectivity index (χ3v) is 4.86. The van der Waals surface area contributed by atoms with Crippen LogP contribution in [0.3, 0.4) is 0 Å². The van der Waals surface area contributed by atoms with E-state index in [1.165, 1.54) is 11.6 Å².